The number of anilines is 1. The van der Waals surface area contributed by atoms with E-state index in [9.17, 15) is 0 Å². The number of carboxylic acids is 2. The van der Waals surface area contributed by atoms with Gasteiger partial charge in [0.05, 0.1) is 30.9 Å². The zero-order valence-electron chi connectivity index (χ0n) is 12.0. The number of aromatic nitrogens is 1. The van der Waals surface area contributed by atoms with E-state index in [0.717, 1.165) is 28.0 Å². The first-order valence-corrected chi connectivity index (χ1v) is 6.15. The Hall–Kier alpha value is -2.67. The topological polar surface area (TPSA) is 121 Å². The second-order valence-corrected chi connectivity index (χ2v) is 4.61. The predicted molar refractivity (Wildman–Crippen MR) is 76.0 cm³/mol. The molecule has 0 amide bonds. The third-order valence-electron chi connectivity index (χ3n) is 2.83. The summed E-state index contributed by atoms with van der Waals surface area (Å²) in [6.07, 6.45) is 0. The van der Waals surface area contributed by atoms with Gasteiger partial charge < -0.3 is 20.7 Å². The molecule has 21 heavy (non-hydrogen) atoms. The maximum absolute atomic E-state index is 9.04. The van der Waals surface area contributed by atoms with Crippen molar-refractivity contribution < 1.29 is 24.7 Å². The summed E-state index contributed by atoms with van der Waals surface area (Å²) in [5.74, 6) is -2.99. The minimum absolute atomic E-state index is 0.844. The van der Waals surface area contributed by atoms with Crippen molar-refractivity contribution in [1.29, 1.82) is 0 Å². The van der Waals surface area contributed by atoms with Crippen molar-refractivity contribution in [3.05, 3.63) is 29.8 Å². The number of benzene rings is 1. The van der Waals surface area contributed by atoms with Crippen LogP contribution >= 0.6 is 0 Å². The molecular formula is C14H17N3O4. The van der Waals surface area contributed by atoms with Crippen molar-refractivity contribution in [2.75, 3.05) is 19.8 Å². The molecule has 7 heteroatoms. The molecule has 0 fully saturated rings. The molecule has 0 aliphatic rings. The molecular weight excluding hydrogens is 274 g/mol. The number of para-hydroxylation sites is 1. The molecule has 0 spiro atoms. The summed E-state index contributed by atoms with van der Waals surface area (Å²) in [4.78, 5) is 23.8. The number of carbonyl (C=O) groups is 2. The number of carboxylic acid groups (broad SMARTS) is 2. The van der Waals surface area contributed by atoms with Crippen molar-refractivity contribution >= 4 is 34.3 Å². The highest BCUT2D eigenvalue weighted by Crippen LogP contribution is 2.25. The van der Waals surface area contributed by atoms with E-state index in [1.807, 2.05) is 31.2 Å². The molecule has 0 aliphatic heterocycles. The normalized spacial score (nSPS) is 10.1. The minimum Gasteiger partial charge on any atom is -0.539 e. The highest BCUT2D eigenvalue weighted by molar-refractivity contribution is 6.26. The van der Waals surface area contributed by atoms with E-state index in [4.69, 9.17) is 25.5 Å². The number of hydrogen-bond acceptors (Lipinski definition) is 5. The Morgan fingerprint density at radius 2 is 1.81 bits per heavy atom. The first kappa shape index (κ1) is 16.4. The van der Waals surface area contributed by atoms with Crippen LogP contribution in [0.3, 0.4) is 0 Å². The molecule has 0 bridgehead atoms. The summed E-state index contributed by atoms with van der Waals surface area (Å²) in [5, 5.41) is 17.4. The highest BCUT2D eigenvalue weighted by Gasteiger charge is 2.13. The molecule has 0 saturated carbocycles. The van der Waals surface area contributed by atoms with Crippen LogP contribution in [0.15, 0.2) is 24.3 Å². The highest BCUT2D eigenvalue weighted by atomic mass is 16.4. The molecule has 0 saturated heterocycles. The number of quaternary nitrogens is 1. The lowest BCUT2D eigenvalue weighted by molar-refractivity contribution is -0.789. The standard InChI is InChI=1S/C12H15N3.C2H2O4/c1-8-11(13)9-6-4-5-7-10(9)14-12(8)15(2)3;3-1(4)2(5)6/h4-7H,1-3H3,(H2,13,14);(H,3,4)(H,5,6). The second-order valence-electron chi connectivity index (χ2n) is 4.61. The van der Waals surface area contributed by atoms with Crippen molar-refractivity contribution in [1.82, 2.24) is 4.98 Å². The van der Waals surface area contributed by atoms with E-state index in [1.165, 1.54) is 4.90 Å². The monoisotopic (exact) mass is 291 g/mol. The fourth-order valence-corrected chi connectivity index (χ4v) is 1.82. The Bertz CT molecular complexity index is 671. The van der Waals surface area contributed by atoms with Crippen LogP contribution in [0.2, 0.25) is 0 Å². The van der Waals surface area contributed by atoms with Gasteiger partial charge in [-0.1, -0.05) is 18.2 Å². The fourth-order valence-electron chi connectivity index (χ4n) is 1.82. The lowest BCUT2D eigenvalue weighted by Gasteiger charge is -2.12. The molecule has 0 aliphatic carbocycles. The minimum atomic E-state index is -2.07. The van der Waals surface area contributed by atoms with Crippen LogP contribution in [0, 0.1) is 6.92 Å². The number of nitrogens with two attached hydrogens (primary N) is 1. The largest absolute Gasteiger partial charge is 0.539 e. The van der Waals surface area contributed by atoms with Crippen LogP contribution in [0.25, 0.3) is 10.9 Å². The summed E-state index contributed by atoms with van der Waals surface area (Å²) in [7, 11) is 4.12. The van der Waals surface area contributed by atoms with Gasteiger partial charge in [-0.3, -0.25) is 4.90 Å². The first-order chi connectivity index (χ1) is 9.75. The van der Waals surface area contributed by atoms with E-state index < -0.39 is 11.9 Å². The van der Waals surface area contributed by atoms with Gasteiger partial charge in [0.25, 0.3) is 0 Å². The molecule has 112 valence electrons. The molecule has 7 nitrogen and oxygen atoms in total. The number of nitrogens with one attached hydrogen (secondary N) is 1. The molecule has 0 radical (unpaired) electrons. The zero-order chi connectivity index (χ0) is 16.2. The zero-order valence-corrected chi connectivity index (χ0v) is 12.0. The lowest BCUT2D eigenvalue weighted by Crippen LogP contribution is -3.00. The van der Waals surface area contributed by atoms with Gasteiger partial charge >= 0.3 is 5.97 Å². The van der Waals surface area contributed by atoms with Gasteiger partial charge in [0.1, 0.15) is 0 Å². The van der Waals surface area contributed by atoms with Crippen LogP contribution in [0.5, 0.6) is 0 Å². The van der Waals surface area contributed by atoms with E-state index in [0.29, 0.717) is 0 Å². The summed E-state index contributed by atoms with van der Waals surface area (Å²) in [6, 6.07) is 7.98. The number of carbonyl (C=O) groups excluding carboxylic acids is 1. The van der Waals surface area contributed by atoms with Gasteiger partial charge in [0, 0.05) is 5.39 Å². The van der Waals surface area contributed by atoms with Crippen LogP contribution in [-0.2, 0) is 9.59 Å². The van der Waals surface area contributed by atoms with Crippen LogP contribution < -0.4 is 15.7 Å². The second kappa shape index (κ2) is 6.67. The van der Waals surface area contributed by atoms with Crippen molar-refractivity contribution in [2.24, 2.45) is 0 Å². The number of fused-ring (bicyclic) bond motifs is 1. The summed E-state index contributed by atoms with van der Waals surface area (Å²) in [5.41, 5.74) is 8.99. The fraction of sp³-hybridized carbons (Fsp3) is 0.214. The Morgan fingerprint density at radius 1 is 1.29 bits per heavy atom. The van der Waals surface area contributed by atoms with Gasteiger partial charge in [-0.25, -0.2) is 4.79 Å². The molecule has 1 heterocycles. The smallest absolute Gasteiger partial charge is 0.351 e. The molecule has 2 aromatic rings. The van der Waals surface area contributed by atoms with Crippen LogP contribution in [0.4, 0.5) is 11.5 Å². The lowest BCUT2D eigenvalue weighted by atomic mass is 10.1. The average Bonchev–Trinajstić information content (AvgIpc) is 2.43. The van der Waals surface area contributed by atoms with Gasteiger partial charge in [0.15, 0.2) is 5.97 Å². The molecule has 0 unspecified atom stereocenters. The predicted octanol–water partition coefficient (Wildman–Crippen LogP) is -1.28. The maximum Gasteiger partial charge on any atom is 0.351 e. The number of nitrogen functional groups attached to an aromatic ring is 1. The summed E-state index contributed by atoms with van der Waals surface area (Å²) >= 11 is 0. The molecule has 4 N–H and O–H groups in total. The number of pyridine rings is 1. The molecule has 2 rings (SSSR count). The van der Waals surface area contributed by atoms with E-state index in [2.05, 4.69) is 19.1 Å². The number of hydrogen-bond donors (Lipinski definition) is 3. The number of aliphatic carboxylic acids is 2. The van der Waals surface area contributed by atoms with E-state index in [1.54, 1.807) is 0 Å². The van der Waals surface area contributed by atoms with Gasteiger partial charge in [-0.15, -0.1) is 0 Å². The Labute approximate surface area is 121 Å². The first-order valence-electron chi connectivity index (χ1n) is 6.15. The van der Waals surface area contributed by atoms with Gasteiger partial charge in [0.2, 0.25) is 5.82 Å². The van der Waals surface area contributed by atoms with Crippen molar-refractivity contribution in [3.63, 3.8) is 0 Å². The van der Waals surface area contributed by atoms with Gasteiger partial charge in [-0.2, -0.15) is 4.98 Å². The van der Waals surface area contributed by atoms with Crippen LogP contribution in [0.1, 0.15) is 5.56 Å². The number of nitrogens with zero attached hydrogens (tertiary/aromatic N) is 1. The Kier molecular flexibility index (Phi) is 5.20. The van der Waals surface area contributed by atoms with E-state index in [-0.39, 0.29) is 0 Å². The van der Waals surface area contributed by atoms with Crippen molar-refractivity contribution in [3.8, 4) is 0 Å². The average molecular weight is 291 g/mol. The van der Waals surface area contributed by atoms with E-state index >= 15 is 0 Å². The Balaban J connectivity index is 0.000000315. The van der Waals surface area contributed by atoms with Crippen molar-refractivity contribution in [2.45, 2.75) is 6.92 Å². The third-order valence-corrected chi connectivity index (χ3v) is 2.83. The van der Waals surface area contributed by atoms with Crippen LogP contribution in [-0.4, -0.2) is 36.1 Å². The molecule has 0 atom stereocenters. The number of rotatable bonds is 1. The quantitative estimate of drug-likeness (QED) is 0.563. The SMILES string of the molecule is Cc1c([NH+](C)C)nc2ccccc2c1N.O=C([O-])C(=O)O. The summed E-state index contributed by atoms with van der Waals surface area (Å²) < 4.78 is 0. The molecule has 1 aromatic heterocycles. The summed E-state index contributed by atoms with van der Waals surface area (Å²) in [6.45, 7) is 2.02. The maximum atomic E-state index is 9.04. The molecule has 1 aromatic carbocycles. The third kappa shape index (κ3) is 3.90. The Morgan fingerprint density at radius 3 is 2.29 bits per heavy atom. The van der Waals surface area contributed by atoms with Gasteiger partial charge in [-0.05, 0) is 13.0 Å².